The van der Waals surface area contributed by atoms with E-state index >= 15 is 0 Å². The van der Waals surface area contributed by atoms with E-state index in [-0.39, 0.29) is 0 Å². The number of rotatable bonds is 3. The number of ether oxygens (including phenoxy) is 1. The molecule has 0 N–H and O–H groups in total. The molecule has 4 atom stereocenters. The molecule has 140 valence electrons. The molecule has 3 fully saturated rings. The van der Waals surface area contributed by atoms with E-state index < -0.39 is 0 Å². The smallest absolute Gasteiger partial charge is 0.118 e. The number of hydrogen-bond acceptors (Lipinski definition) is 3. The van der Waals surface area contributed by atoms with Crippen LogP contribution in [0.4, 0.5) is 0 Å². The first kappa shape index (κ1) is 16.8. The van der Waals surface area contributed by atoms with Crippen molar-refractivity contribution in [3.8, 4) is 5.75 Å². The minimum absolute atomic E-state index is 0.685. The van der Waals surface area contributed by atoms with Gasteiger partial charge in [-0.05, 0) is 74.7 Å². The Bertz CT molecular complexity index is 667. The van der Waals surface area contributed by atoms with E-state index in [4.69, 9.17) is 4.74 Å². The van der Waals surface area contributed by atoms with Crippen molar-refractivity contribution < 1.29 is 4.74 Å². The van der Waals surface area contributed by atoms with Crippen molar-refractivity contribution in [3.63, 3.8) is 0 Å². The van der Waals surface area contributed by atoms with E-state index in [2.05, 4.69) is 40.1 Å². The maximum absolute atomic E-state index is 5.32. The van der Waals surface area contributed by atoms with E-state index in [1.807, 2.05) is 0 Å². The van der Waals surface area contributed by atoms with Gasteiger partial charge in [0.25, 0.3) is 0 Å². The first-order valence-corrected chi connectivity index (χ1v) is 10.6. The van der Waals surface area contributed by atoms with Crippen LogP contribution in [-0.4, -0.2) is 48.6 Å². The molecule has 5 rings (SSSR count). The standard InChI is InChI=1S/C23H32N2O/c1-26-21-9-7-17(8-10-21)15-25-12-4-5-18-13-19-14-20(23(18)25)16-24-11-3-2-6-22(19)24/h7-10,13,19-20,22-23H,2-6,11-12,14-16H2,1H3/t19-,20+,22+,23+/m0/s1. The number of methoxy groups -OCH3 is 1. The van der Waals surface area contributed by atoms with Gasteiger partial charge in [-0.15, -0.1) is 0 Å². The zero-order chi connectivity index (χ0) is 17.5. The minimum Gasteiger partial charge on any atom is -0.497 e. The second kappa shape index (κ2) is 7.01. The summed E-state index contributed by atoms with van der Waals surface area (Å²) >= 11 is 0. The highest BCUT2D eigenvalue weighted by Gasteiger charge is 2.45. The Labute approximate surface area is 158 Å². The summed E-state index contributed by atoms with van der Waals surface area (Å²) in [5.41, 5.74) is 3.19. The van der Waals surface area contributed by atoms with E-state index in [0.717, 1.165) is 30.2 Å². The summed E-state index contributed by atoms with van der Waals surface area (Å²) in [6.07, 6.45) is 11.1. The second-order valence-corrected chi connectivity index (χ2v) is 8.83. The van der Waals surface area contributed by atoms with Crippen molar-refractivity contribution >= 4 is 0 Å². The zero-order valence-corrected chi connectivity index (χ0v) is 16.1. The minimum atomic E-state index is 0.685. The maximum atomic E-state index is 5.32. The molecular weight excluding hydrogens is 320 g/mol. The number of fused-ring (bicyclic) bond motifs is 6. The Hall–Kier alpha value is -1.32. The highest BCUT2D eigenvalue weighted by atomic mass is 16.5. The molecule has 4 aliphatic rings. The number of benzene rings is 1. The largest absolute Gasteiger partial charge is 0.497 e. The summed E-state index contributed by atoms with van der Waals surface area (Å²) in [6, 6.07) is 10.2. The summed E-state index contributed by atoms with van der Waals surface area (Å²) in [5, 5.41) is 0. The highest BCUT2D eigenvalue weighted by molar-refractivity contribution is 5.29. The number of nitrogens with zero attached hydrogens (tertiary/aromatic N) is 2. The fourth-order valence-electron chi connectivity index (χ4n) is 6.23. The Kier molecular flexibility index (Phi) is 4.54. The van der Waals surface area contributed by atoms with Gasteiger partial charge in [-0.25, -0.2) is 0 Å². The summed E-state index contributed by atoms with van der Waals surface area (Å²) < 4.78 is 5.32. The van der Waals surface area contributed by atoms with E-state index in [0.29, 0.717) is 6.04 Å². The van der Waals surface area contributed by atoms with E-state index in [1.54, 1.807) is 12.7 Å². The van der Waals surface area contributed by atoms with E-state index in [9.17, 15) is 0 Å². The predicted molar refractivity (Wildman–Crippen MR) is 105 cm³/mol. The fourth-order valence-corrected chi connectivity index (χ4v) is 6.23. The molecule has 0 radical (unpaired) electrons. The van der Waals surface area contributed by atoms with Crippen LogP contribution in [-0.2, 0) is 6.54 Å². The lowest BCUT2D eigenvalue weighted by atomic mass is 9.68. The summed E-state index contributed by atoms with van der Waals surface area (Å²) in [4.78, 5) is 5.62. The van der Waals surface area contributed by atoms with Crippen molar-refractivity contribution in [2.24, 2.45) is 11.8 Å². The van der Waals surface area contributed by atoms with Crippen molar-refractivity contribution in [2.75, 3.05) is 26.7 Å². The number of hydrogen-bond donors (Lipinski definition) is 0. The van der Waals surface area contributed by atoms with Crippen molar-refractivity contribution in [2.45, 2.75) is 57.2 Å². The lowest BCUT2D eigenvalue weighted by molar-refractivity contribution is -0.00264. The Morgan fingerprint density at radius 3 is 2.81 bits per heavy atom. The van der Waals surface area contributed by atoms with Crippen LogP contribution in [0.1, 0.15) is 44.1 Å². The van der Waals surface area contributed by atoms with Gasteiger partial charge in [0.2, 0.25) is 0 Å². The van der Waals surface area contributed by atoms with Gasteiger partial charge in [0, 0.05) is 25.2 Å². The third-order valence-electron chi connectivity index (χ3n) is 7.31. The summed E-state index contributed by atoms with van der Waals surface area (Å²) in [6.45, 7) is 5.00. The Morgan fingerprint density at radius 2 is 1.96 bits per heavy atom. The quantitative estimate of drug-likeness (QED) is 0.762. The summed E-state index contributed by atoms with van der Waals surface area (Å²) in [7, 11) is 1.74. The zero-order valence-electron chi connectivity index (χ0n) is 16.1. The van der Waals surface area contributed by atoms with Crippen LogP contribution in [0.3, 0.4) is 0 Å². The predicted octanol–water partition coefficient (Wildman–Crippen LogP) is 4.09. The lowest BCUT2D eigenvalue weighted by Gasteiger charge is -2.54. The van der Waals surface area contributed by atoms with Crippen LogP contribution in [0.2, 0.25) is 0 Å². The van der Waals surface area contributed by atoms with Gasteiger partial charge in [-0.2, -0.15) is 0 Å². The summed E-state index contributed by atoms with van der Waals surface area (Å²) in [5.74, 6) is 2.63. The Morgan fingerprint density at radius 1 is 1.08 bits per heavy atom. The third kappa shape index (κ3) is 2.99. The van der Waals surface area contributed by atoms with Crippen molar-refractivity contribution in [1.82, 2.24) is 9.80 Å². The number of likely N-dealkylation sites (tertiary alicyclic amines) is 1. The SMILES string of the molecule is COc1ccc(CN2CCCC3=C[C@H]4C[C@H](CN5CCCC[C@H]45)[C@@H]32)cc1. The average Bonchev–Trinajstić information content (AvgIpc) is 2.69. The van der Waals surface area contributed by atoms with Gasteiger partial charge < -0.3 is 4.74 Å². The lowest BCUT2D eigenvalue weighted by Crippen LogP contribution is -2.58. The molecule has 3 saturated heterocycles. The van der Waals surface area contributed by atoms with Gasteiger partial charge >= 0.3 is 0 Å². The molecule has 0 aromatic heterocycles. The van der Waals surface area contributed by atoms with Gasteiger partial charge in [0.15, 0.2) is 0 Å². The van der Waals surface area contributed by atoms with Crippen LogP contribution < -0.4 is 4.74 Å². The third-order valence-corrected chi connectivity index (χ3v) is 7.31. The molecule has 1 aromatic rings. The Balaban J connectivity index is 1.38. The van der Waals surface area contributed by atoms with Crippen LogP contribution >= 0.6 is 0 Å². The molecule has 0 amide bonds. The first-order valence-electron chi connectivity index (χ1n) is 10.6. The molecule has 3 aliphatic heterocycles. The van der Waals surface area contributed by atoms with Crippen LogP contribution in [0.15, 0.2) is 35.9 Å². The monoisotopic (exact) mass is 352 g/mol. The molecule has 3 heterocycles. The average molecular weight is 353 g/mol. The topological polar surface area (TPSA) is 15.7 Å². The van der Waals surface area contributed by atoms with Crippen molar-refractivity contribution in [3.05, 3.63) is 41.5 Å². The maximum Gasteiger partial charge on any atom is 0.118 e. The number of piperidine rings is 3. The molecular formula is C23H32N2O. The molecule has 0 saturated carbocycles. The van der Waals surface area contributed by atoms with Crippen LogP contribution in [0.5, 0.6) is 5.75 Å². The molecule has 1 aromatic carbocycles. The van der Waals surface area contributed by atoms with Crippen LogP contribution in [0.25, 0.3) is 0 Å². The second-order valence-electron chi connectivity index (χ2n) is 8.83. The van der Waals surface area contributed by atoms with Gasteiger partial charge in [0.1, 0.15) is 5.75 Å². The van der Waals surface area contributed by atoms with Gasteiger partial charge in [-0.3, -0.25) is 9.80 Å². The van der Waals surface area contributed by atoms with Crippen LogP contribution in [0, 0.1) is 11.8 Å². The highest BCUT2D eigenvalue weighted by Crippen LogP contribution is 2.45. The van der Waals surface area contributed by atoms with E-state index in [1.165, 1.54) is 63.7 Å². The van der Waals surface area contributed by atoms with Gasteiger partial charge in [-0.1, -0.05) is 30.2 Å². The fraction of sp³-hybridized carbons (Fsp3) is 0.652. The molecule has 1 aliphatic carbocycles. The van der Waals surface area contributed by atoms with Gasteiger partial charge in [0.05, 0.1) is 7.11 Å². The normalized spacial score (nSPS) is 34.6. The first-order chi connectivity index (χ1) is 12.8. The molecule has 0 unspecified atom stereocenters. The molecule has 2 bridgehead atoms. The van der Waals surface area contributed by atoms with Crippen molar-refractivity contribution in [1.29, 1.82) is 0 Å². The molecule has 26 heavy (non-hydrogen) atoms. The molecule has 0 spiro atoms. The molecule has 3 heteroatoms. The molecule has 3 nitrogen and oxygen atoms in total.